The van der Waals surface area contributed by atoms with Gasteiger partial charge in [-0.2, -0.15) is 0 Å². The number of hydrogen-bond acceptors (Lipinski definition) is 1. The van der Waals surface area contributed by atoms with Gasteiger partial charge in [0.15, 0.2) is 0 Å². The topological polar surface area (TPSA) is 17.8 Å². The Balaban J connectivity index is 1.99. The summed E-state index contributed by atoms with van der Waals surface area (Å²) < 4.78 is 2.35. The van der Waals surface area contributed by atoms with Gasteiger partial charge in [0.2, 0.25) is 0 Å². The molecule has 2 aliphatic carbocycles. The van der Waals surface area contributed by atoms with Crippen molar-refractivity contribution in [2.45, 2.75) is 54.4 Å². The first-order valence-corrected chi connectivity index (χ1v) is 10.8. The zero-order valence-electron chi connectivity index (χ0n) is 18.6. The predicted molar refractivity (Wildman–Crippen MR) is 123 cm³/mol. The Morgan fingerprint density at radius 3 is 2.48 bits per heavy atom. The molecule has 0 fully saturated rings. The number of allylic oxidation sites excluding steroid dienone is 8. The van der Waals surface area contributed by atoms with Gasteiger partial charge in [-0.1, -0.05) is 75.8 Å². The fraction of sp³-hybridized carbons (Fsp3) is 0.370. The van der Waals surface area contributed by atoms with E-state index in [-0.39, 0.29) is 5.41 Å². The number of imidazole rings is 1. The van der Waals surface area contributed by atoms with E-state index in [1.165, 1.54) is 28.0 Å². The standard InChI is InChI=1S/C27H32N2/c1-7-11-22-19(4)27(5,6)24-23(22)15-14-21(18(2)3)25(24)29-17-16-28-26(29)20-12-9-8-10-13-20/h7-13,16-18H,14-15H2,1-6H3/b11-7-. The van der Waals surface area contributed by atoms with Gasteiger partial charge in [0.05, 0.1) is 5.70 Å². The summed E-state index contributed by atoms with van der Waals surface area (Å²) in [6.07, 6.45) is 10.8. The van der Waals surface area contributed by atoms with Gasteiger partial charge >= 0.3 is 0 Å². The molecular formula is C27H32N2. The van der Waals surface area contributed by atoms with Crippen LogP contribution in [0.25, 0.3) is 17.1 Å². The van der Waals surface area contributed by atoms with Gasteiger partial charge in [-0.3, -0.25) is 4.57 Å². The molecule has 0 saturated carbocycles. The number of hydrogen-bond donors (Lipinski definition) is 0. The second kappa shape index (κ2) is 7.33. The van der Waals surface area contributed by atoms with Crippen LogP contribution in [0.3, 0.4) is 0 Å². The smallest absolute Gasteiger partial charge is 0.144 e. The van der Waals surface area contributed by atoms with Crippen LogP contribution in [0.1, 0.15) is 54.4 Å². The summed E-state index contributed by atoms with van der Waals surface area (Å²) in [6.45, 7) is 13.9. The molecule has 4 rings (SSSR count). The summed E-state index contributed by atoms with van der Waals surface area (Å²) >= 11 is 0. The lowest BCUT2D eigenvalue weighted by Gasteiger charge is -2.34. The van der Waals surface area contributed by atoms with Crippen LogP contribution in [-0.2, 0) is 0 Å². The molecule has 1 heterocycles. The summed E-state index contributed by atoms with van der Waals surface area (Å²) in [5, 5.41) is 0. The molecule has 150 valence electrons. The van der Waals surface area contributed by atoms with Crippen LogP contribution in [-0.4, -0.2) is 9.55 Å². The minimum Gasteiger partial charge on any atom is -0.300 e. The van der Waals surface area contributed by atoms with Crippen molar-refractivity contribution in [3.05, 3.63) is 82.7 Å². The fourth-order valence-electron chi connectivity index (χ4n) is 5.01. The predicted octanol–water partition coefficient (Wildman–Crippen LogP) is 7.44. The average molecular weight is 385 g/mol. The van der Waals surface area contributed by atoms with E-state index in [0.717, 1.165) is 24.2 Å². The third-order valence-electron chi connectivity index (χ3n) is 6.72. The molecule has 0 saturated heterocycles. The molecule has 2 aliphatic rings. The summed E-state index contributed by atoms with van der Waals surface area (Å²) in [6, 6.07) is 10.6. The second-order valence-corrected chi connectivity index (χ2v) is 9.03. The van der Waals surface area contributed by atoms with E-state index >= 15 is 0 Å². The molecule has 0 amide bonds. The maximum atomic E-state index is 4.77. The van der Waals surface area contributed by atoms with Crippen molar-refractivity contribution in [1.29, 1.82) is 0 Å². The summed E-state index contributed by atoms with van der Waals surface area (Å²) in [5.74, 6) is 1.53. The van der Waals surface area contributed by atoms with Gasteiger partial charge in [-0.05, 0) is 54.9 Å². The van der Waals surface area contributed by atoms with Crippen molar-refractivity contribution in [2.75, 3.05) is 0 Å². The van der Waals surface area contributed by atoms with E-state index < -0.39 is 0 Å². The van der Waals surface area contributed by atoms with Crippen LogP contribution >= 0.6 is 0 Å². The molecule has 0 N–H and O–H groups in total. The van der Waals surface area contributed by atoms with E-state index in [1.54, 1.807) is 5.57 Å². The molecule has 2 heteroatoms. The van der Waals surface area contributed by atoms with Crippen molar-refractivity contribution >= 4 is 5.70 Å². The Kier molecular flexibility index (Phi) is 4.98. The molecule has 0 spiro atoms. The Morgan fingerprint density at radius 1 is 1.10 bits per heavy atom. The van der Waals surface area contributed by atoms with Gasteiger partial charge in [0.1, 0.15) is 5.82 Å². The van der Waals surface area contributed by atoms with Gasteiger partial charge in [-0.25, -0.2) is 4.98 Å². The van der Waals surface area contributed by atoms with E-state index in [2.05, 4.69) is 94.8 Å². The molecule has 2 nitrogen and oxygen atoms in total. The quantitative estimate of drug-likeness (QED) is 0.535. The SMILES string of the molecule is C/C=C\C1=C(C)C(C)(C)C2=C1CCC(C(C)C)=C2n1ccnc1-c1ccccc1. The highest BCUT2D eigenvalue weighted by atomic mass is 15.1. The average Bonchev–Trinajstić information content (AvgIpc) is 3.26. The first-order chi connectivity index (χ1) is 13.9. The van der Waals surface area contributed by atoms with Crippen LogP contribution in [0.15, 0.2) is 82.7 Å². The van der Waals surface area contributed by atoms with Crippen LogP contribution in [0, 0.1) is 11.3 Å². The number of aromatic nitrogens is 2. The molecule has 0 unspecified atom stereocenters. The van der Waals surface area contributed by atoms with Crippen LogP contribution in [0.2, 0.25) is 0 Å². The largest absolute Gasteiger partial charge is 0.300 e. The lowest BCUT2D eigenvalue weighted by Crippen LogP contribution is -2.22. The van der Waals surface area contributed by atoms with Gasteiger partial charge in [0, 0.05) is 23.4 Å². The molecule has 0 radical (unpaired) electrons. The Morgan fingerprint density at radius 2 is 1.83 bits per heavy atom. The monoisotopic (exact) mass is 384 g/mol. The minimum absolute atomic E-state index is 0.0122. The summed E-state index contributed by atoms with van der Waals surface area (Å²) in [5.41, 5.74) is 10.0. The number of nitrogens with zero attached hydrogens (tertiary/aromatic N) is 2. The van der Waals surface area contributed by atoms with Crippen LogP contribution in [0.5, 0.6) is 0 Å². The van der Waals surface area contributed by atoms with Crippen molar-refractivity contribution in [2.24, 2.45) is 11.3 Å². The van der Waals surface area contributed by atoms with Gasteiger partial charge in [-0.15, -0.1) is 0 Å². The normalized spacial score (nSPS) is 19.1. The van der Waals surface area contributed by atoms with Crippen molar-refractivity contribution in [1.82, 2.24) is 9.55 Å². The zero-order valence-corrected chi connectivity index (χ0v) is 18.6. The maximum absolute atomic E-state index is 4.77. The summed E-state index contributed by atoms with van der Waals surface area (Å²) in [7, 11) is 0. The minimum atomic E-state index is 0.0122. The lowest BCUT2D eigenvalue weighted by molar-refractivity contribution is 0.551. The maximum Gasteiger partial charge on any atom is 0.144 e. The highest BCUT2D eigenvalue weighted by Gasteiger charge is 2.42. The number of benzene rings is 1. The number of rotatable bonds is 4. The van der Waals surface area contributed by atoms with Crippen molar-refractivity contribution in [3.8, 4) is 11.4 Å². The van der Waals surface area contributed by atoms with Gasteiger partial charge < -0.3 is 0 Å². The van der Waals surface area contributed by atoms with E-state index in [4.69, 9.17) is 4.98 Å². The van der Waals surface area contributed by atoms with E-state index in [0.29, 0.717) is 5.92 Å². The third-order valence-corrected chi connectivity index (χ3v) is 6.72. The first-order valence-electron chi connectivity index (χ1n) is 10.8. The highest BCUT2D eigenvalue weighted by Crippen LogP contribution is 2.56. The highest BCUT2D eigenvalue weighted by molar-refractivity contribution is 5.82. The fourth-order valence-corrected chi connectivity index (χ4v) is 5.01. The summed E-state index contributed by atoms with van der Waals surface area (Å²) in [4.78, 5) is 4.77. The van der Waals surface area contributed by atoms with Crippen LogP contribution in [0.4, 0.5) is 0 Å². The molecule has 29 heavy (non-hydrogen) atoms. The molecule has 1 aromatic carbocycles. The lowest BCUT2D eigenvalue weighted by atomic mass is 9.74. The molecule has 0 atom stereocenters. The second-order valence-electron chi connectivity index (χ2n) is 9.03. The van der Waals surface area contributed by atoms with Crippen molar-refractivity contribution < 1.29 is 0 Å². The van der Waals surface area contributed by atoms with Gasteiger partial charge in [0.25, 0.3) is 0 Å². The molecule has 1 aromatic heterocycles. The molecule has 0 bridgehead atoms. The van der Waals surface area contributed by atoms with Crippen molar-refractivity contribution in [3.63, 3.8) is 0 Å². The molecular weight excluding hydrogens is 352 g/mol. The molecule has 2 aromatic rings. The zero-order chi connectivity index (χ0) is 20.8. The Hall–Kier alpha value is -2.61. The Labute approximate surface area is 175 Å². The Bertz CT molecular complexity index is 1050. The third kappa shape index (κ3) is 3.06. The molecule has 0 aliphatic heterocycles. The van der Waals surface area contributed by atoms with E-state index in [1.807, 2.05) is 6.20 Å². The van der Waals surface area contributed by atoms with E-state index in [9.17, 15) is 0 Å². The van der Waals surface area contributed by atoms with Crippen LogP contribution < -0.4 is 0 Å². The first kappa shape index (κ1) is 19.7.